The molecule has 2 aliphatic heterocycles. The van der Waals surface area contributed by atoms with Crippen molar-refractivity contribution < 1.29 is 9.59 Å². The van der Waals surface area contributed by atoms with E-state index in [-0.39, 0.29) is 5.92 Å². The van der Waals surface area contributed by atoms with Crippen LogP contribution >= 0.6 is 11.3 Å². The maximum Gasteiger partial charge on any atom is 0.317 e. The Balaban J connectivity index is 1.53. The number of primary amides is 2. The van der Waals surface area contributed by atoms with Crippen molar-refractivity contribution >= 4 is 34.0 Å². The number of nitrogens with two attached hydrogens (primary N) is 2. The number of fused-ring (bicyclic) bond motifs is 3. The first-order chi connectivity index (χ1) is 12.5. The summed E-state index contributed by atoms with van der Waals surface area (Å²) in [5.41, 5.74) is 13.3. The third-order valence-corrected chi connectivity index (χ3v) is 6.36. The molecule has 1 aromatic rings. The van der Waals surface area contributed by atoms with Crippen molar-refractivity contribution in [1.29, 1.82) is 0 Å². The maximum absolute atomic E-state index is 11.9. The molecule has 9 heteroatoms. The number of hydrazone groups is 1. The highest BCUT2D eigenvalue weighted by Gasteiger charge is 2.37. The van der Waals surface area contributed by atoms with Crippen LogP contribution in [0.15, 0.2) is 17.3 Å². The Morgan fingerprint density at radius 3 is 2.69 bits per heavy atom. The molecule has 3 aliphatic rings. The molecule has 4 rings (SSSR count). The van der Waals surface area contributed by atoms with Gasteiger partial charge >= 0.3 is 6.03 Å². The quantitative estimate of drug-likeness (QED) is 0.664. The van der Waals surface area contributed by atoms with Gasteiger partial charge in [-0.1, -0.05) is 12.2 Å². The number of carbonyl (C=O) groups excluding carboxylic acids is 2. The van der Waals surface area contributed by atoms with Crippen molar-refractivity contribution in [2.24, 2.45) is 16.6 Å². The van der Waals surface area contributed by atoms with Crippen LogP contribution < -0.4 is 16.8 Å². The lowest BCUT2D eigenvalue weighted by Crippen LogP contribution is -2.31. The van der Waals surface area contributed by atoms with E-state index in [2.05, 4.69) is 27.4 Å². The normalized spacial score (nSPS) is 21.5. The molecule has 1 unspecified atom stereocenters. The number of nitrogens with one attached hydrogen (secondary N) is 1. The second kappa shape index (κ2) is 6.73. The van der Waals surface area contributed by atoms with Gasteiger partial charge in [0, 0.05) is 43.3 Å². The highest BCUT2D eigenvalue weighted by atomic mass is 32.1. The fourth-order valence-electron chi connectivity index (χ4n) is 3.90. The van der Waals surface area contributed by atoms with Gasteiger partial charge < -0.3 is 11.5 Å². The Bertz CT molecular complexity index is 806. The van der Waals surface area contributed by atoms with E-state index in [1.54, 1.807) is 0 Å². The van der Waals surface area contributed by atoms with Gasteiger partial charge in [-0.2, -0.15) is 5.10 Å². The number of anilines is 1. The van der Waals surface area contributed by atoms with Crippen molar-refractivity contribution in [3.8, 4) is 0 Å². The second-order valence-corrected chi connectivity index (χ2v) is 7.84. The lowest BCUT2D eigenvalue weighted by atomic mass is 9.86. The van der Waals surface area contributed by atoms with E-state index in [1.165, 1.54) is 11.3 Å². The molecule has 3 heterocycles. The number of thiophene rings is 1. The summed E-state index contributed by atoms with van der Waals surface area (Å²) in [7, 11) is 0. The zero-order valence-electron chi connectivity index (χ0n) is 14.4. The van der Waals surface area contributed by atoms with Crippen molar-refractivity contribution in [3.63, 3.8) is 0 Å². The van der Waals surface area contributed by atoms with Crippen LogP contribution in [0.1, 0.15) is 33.1 Å². The fraction of sp³-hybridized carbons (Fsp3) is 0.471. The van der Waals surface area contributed by atoms with Crippen LogP contribution in [0.4, 0.5) is 9.80 Å². The van der Waals surface area contributed by atoms with Gasteiger partial charge in [0.1, 0.15) is 5.00 Å². The fourth-order valence-corrected chi connectivity index (χ4v) is 5.27. The van der Waals surface area contributed by atoms with Crippen LogP contribution in [0.2, 0.25) is 0 Å². The van der Waals surface area contributed by atoms with Crippen molar-refractivity contribution in [2.75, 3.05) is 38.0 Å². The first-order valence-electron chi connectivity index (χ1n) is 8.74. The molecule has 0 fully saturated rings. The van der Waals surface area contributed by atoms with Gasteiger partial charge in [0.25, 0.3) is 5.91 Å². The van der Waals surface area contributed by atoms with Gasteiger partial charge in [-0.15, -0.1) is 11.3 Å². The number of nitrogens with zero attached hydrogens (tertiary/aromatic N) is 3. The van der Waals surface area contributed by atoms with E-state index in [4.69, 9.17) is 16.6 Å². The minimum atomic E-state index is -0.688. The molecular formula is C17H22N6O2S. The predicted octanol–water partition coefficient (Wildman–Crippen LogP) is 0.911. The third kappa shape index (κ3) is 3.08. The van der Waals surface area contributed by atoms with Gasteiger partial charge in [0.15, 0.2) is 0 Å². The zero-order valence-corrected chi connectivity index (χ0v) is 15.2. The summed E-state index contributed by atoms with van der Waals surface area (Å²) in [6, 6.07) is -0.688. The molecule has 1 aromatic heterocycles. The van der Waals surface area contributed by atoms with E-state index < -0.39 is 11.9 Å². The number of urea groups is 1. The minimum absolute atomic E-state index is 0.168. The van der Waals surface area contributed by atoms with Crippen LogP contribution in [-0.4, -0.2) is 60.3 Å². The minimum Gasteiger partial charge on any atom is -0.365 e. The van der Waals surface area contributed by atoms with Crippen LogP contribution in [0.3, 0.4) is 0 Å². The first kappa shape index (κ1) is 17.0. The predicted molar refractivity (Wildman–Crippen MR) is 102 cm³/mol. The molecule has 1 aliphatic carbocycles. The molecule has 26 heavy (non-hydrogen) atoms. The number of hydrogen-bond donors (Lipinski definition) is 3. The van der Waals surface area contributed by atoms with Crippen molar-refractivity contribution in [1.82, 2.24) is 9.91 Å². The second-order valence-electron chi connectivity index (χ2n) is 6.79. The first-order valence-corrected chi connectivity index (χ1v) is 9.56. The third-order valence-electron chi connectivity index (χ3n) is 5.10. The lowest BCUT2D eigenvalue weighted by molar-refractivity contribution is 0.100. The topological polar surface area (TPSA) is 117 Å². The summed E-state index contributed by atoms with van der Waals surface area (Å²) < 4.78 is 0. The molecule has 0 aromatic carbocycles. The van der Waals surface area contributed by atoms with Gasteiger partial charge in [0.2, 0.25) is 0 Å². The van der Waals surface area contributed by atoms with Crippen LogP contribution in [-0.2, 0) is 6.42 Å². The van der Waals surface area contributed by atoms with Crippen molar-refractivity contribution in [3.05, 3.63) is 28.2 Å². The maximum atomic E-state index is 11.9. The summed E-state index contributed by atoms with van der Waals surface area (Å²) in [6.45, 7) is 4.69. The van der Waals surface area contributed by atoms with Crippen LogP contribution in [0, 0.1) is 0 Å². The molecule has 3 amide bonds. The van der Waals surface area contributed by atoms with Crippen LogP contribution in [0.25, 0.3) is 0 Å². The average Bonchev–Trinajstić information content (AvgIpc) is 3.29. The number of hydrogen-bond acceptors (Lipinski definition) is 6. The van der Waals surface area contributed by atoms with Gasteiger partial charge in [-0.25, -0.2) is 4.79 Å². The van der Waals surface area contributed by atoms with E-state index in [0.29, 0.717) is 17.0 Å². The van der Waals surface area contributed by atoms with Crippen LogP contribution in [0.5, 0.6) is 0 Å². The highest BCUT2D eigenvalue weighted by Crippen LogP contribution is 2.44. The molecule has 0 bridgehead atoms. The van der Waals surface area contributed by atoms with E-state index >= 15 is 0 Å². The monoisotopic (exact) mass is 374 g/mol. The highest BCUT2D eigenvalue weighted by molar-refractivity contribution is 7.17. The van der Waals surface area contributed by atoms with E-state index in [1.807, 2.05) is 0 Å². The molecule has 0 saturated heterocycles. The Hall–Kier alpha value is -2.39. The van der Waals surface area contributed by atoms with Crippen molar-refractivity contribution in [2.45, 2.75) is 18.8 Å². The summed E-state index contributed by atoms with van der Waals surface area (Å²) in [5, 5.41) is 9.93. The smallest absolute Gasteiger partial charge is 0.317 e. The number of carbonyl (C=O) groups is 2. The van der Waals surface area contributed by atoms with Gasteiger partial charge in [0.05, 0.1) is 11.5 Å². The molecule has 1 atom stereocenters. The zero-order chi connectivity index (χ0) is 18.3. The van der Waals surface area contributed by atoms with E-state index in [9.17, 15) is 9.59 Å². The summed E-state index contributed by atoms with van der Waals surface area (Å²) in [6.07, 6.45) is 5.90. The number of amides is 3. The number of rotatable bonds is 5. The molecular weight excluding hydrogens is 352 g/mol. The summed E-state index contributed by atoms with van der Waals surface area (Å²) >= 11 is 1.40. The summed E-state index contributed by atoms with van der Waals surface area (Å²) in [4.78, 5) is 26.7. The lowest BCUT2D eigenvalue weighted by Gasteiger charge is -2.21. The Kier molecular flexibility index (Phi) is 4.41. The molecule has 8 nitrogen and oxygen atoms in total. The standard InChI is InChI=1S/C17H22N6O2S/c18-15(24)13-10-3-4-12-11(14(10)26-16(13)20-17(19)25)9-23(21-12)8-7-22-5-1-2-6-22/h1-2,11H,3-9H2,(H2,18,24)(H3,19,20,25). The SMILES string of the molecule is NC(=O)Nc1sc2c(c1C(N)=O)CCC1=NN(CCN3CC=CC3)CC12. The van der Waals surface area contributed by atoms with E-state index in [0.717, 1.165) is 55.3 Å². The summed E-state index contributed by atoms with van der Waals surface area (Å²) in [5.74, 6) is -0.356. The molecule has 138 valence electrons. The molecule has 0 saturated carbocycles. The largest absolute Gasteiger partial charge is 0.365 e. The Morgan fingerprint density at radius 2 is 2.00 bits per heavy atom. The molecule has 0 spiro atoms. The average molecular weight is 374 g/mol. The Morgan fingerprint density at radius 1 is 1.23 bits per heavy atom. The van der Waals surface area contributed by atoms with Gasteiger partial charge in [-0.3, -0.25) is 20.0 Å². The molecule has 0 radical (unpaired) electrons. The van der Waals surface area contributed by atoms with Gasteiger partial charge in [-0.05, 0) is 18.4 Å². The molecule has 5 N–H and O–H groups in total. The Labute approximate surface area is 155 Å².